The third kappa shape index (κ3) is 5.15. The van der Waals surface area contributed by atoms with E-state index in [-0.39, 0.29) is 17.1 Å². The maximum absolute atomic E-state index is 13.4. The molecule has 0 spiro atoms. The highest BCUT2D eigenvalue weighted by molar-refractivity contribution is 7.80. The molecule has 2 N–H and O–H groups in total. The molecule has 0 saturated carbocycles. The van der Waals surface area contributed by atoms with E-state index in [9.17, 15) is 18.8 Å². The Labute approximate surface area is 183 Å². The van der Waals surface area contributed by atoms with Gasteiger partial charge in [0.05, 0.1) is 13.0 Å². The molecule has 1 aliphatic heterocycles. The molecule has 1 aliphatic rings. The zero-order valence-corrected chi connectivity index (χ0v) is 17.7. The number of carbonyl (C=O) groups excluding carboxylic acids is 3. The molecule has 3 amide bonds. The number of carbonyl (C=O) groups is 3. The number of ether oxygens (including phenoxy) is 1. The number of nitrogens with zero attached hydrogens (tertiary/aromatic N) is 2. The van der Waals surface area contributed by atoms with Gasteiger partial charge in [0.1, 0.15) is 17.6 Å². The van der Waals surface area contributed by atoms with Gasteiger partial charge in [-0.15, -0.1) is 0 Å². The quantitative estimate of drug-likeness (QED) is 0.637. The fourth-order valence-electron chi connectivity index (χ4n) is 3.02. The second kappa shape index (κ2) is 9.52. The van der Waals surface area contributed by atoms with Crippen LogP contribution in [0.5, 0.6) is 5.75 Å². The molecule has 10 heteroatoms. The number of halogens is 1. The maximum atomic E-state index is 13.4. The Kier molecular flexibility index (Phi) is 6.81. The number of anilines is 1. The van der Waals surface area contributed by atoms with Crippen molar-refractivity contribution in [1.29, 1.82) is 0 Å². The molecule has 3 rings (SSSR count). The van der Waals surface area contributed by atoms with E-state index in [2.05, 4.69) is 10.7 Å². The van der Waals surface area contributed by atoms with Crippen molar-refractivity contribution in [3.05, 3.63) is 59.9 Å². The molecule has 1 atom stereocenters. The lowest BCUT2D eigenvalue weighted by atomic mass is 10.2. The highest BCUT2D eigenvalue weighted by atomic mass is 32.1. The molecule has 1 heterocycles. The Bertz CT molecular complexity index is 1010. The van der Waals surface area contributed by atoms with Crippen LogP contribution < -0.4 is 15.5 Å². The Morgan fingerprint density at radius 2 is 1.90 bits per heavy atom. The molecule has 1 saturated heterocycles. The Morgan fingerprint density at radius 1 is 1.19 bits per heavy atom. The molecule has 162 valence electrons. The predicted octanol–water partition coefficient (Wildman–Crippen LogP) is 2.33. The van der Waals surface area contributed by atoms with Crippen molar-refractivity contribution in [3.8, 4) is 5.75 Å². The third-order valence-electron chi connectivity index (χ3n) is 4.56. The van der Waals surface area contributed by atoms with E-state index >= 15 is 0 Å². The van der Waals surface area contributed by atoms with E-state index in [4.69, 9.17) is 17.0 Å². The number of thiocarbonyl (C=S) groups is 1. The van der Waals surface area contributed by atoms with E-state index in [0.29, 0.717) is 18.0 Å². The van der Waals surface area contributed by atoms with Gasteiger partial charge in [-0.25, -0.2) is 9.40 Å². The number of benzene rings is 2. The van der Waals surface area contributed by atoms with Crippen LogP contribution in [0.25, 0.3) is 0 Å². The van der Waals surface area contributed by atoms with Crippen LogP contribution in [0.15, 0.2) is 48.5 Å². The highest BCUT2D eigenvalue weighted by Crippen LogP contribution is 2.20. The molecule has 2 aromatic carbocycles. The van der Waals surface area contributed by atoms with Gasteiger partial charge >= 0.3 is 0 Å². The average molecular weight is 444 g/mol. The number of hydrogen-bond acceptors (Lipinski definition) is 5. The summed E-state index contributed by atoms with van der Waals surface area (Å²) in [5.74, 6) is -1.43. The molecular formula is C21H21FN4O4S. The maximum Gasteiger partial charge on any atom is 0.269 e. The van der Waals surface area contributed by atoms with Crippen molar-refractivity contribution in [2.24, 2.45) is 0 Å². The molecule has 0 radical (unpaired) electrons. The summed E-state index contributed by atoms with van der Waals surface area (Å²) in [6.45, 7) is 2.40. The van der Waals surface area contributed by atoms with Crippen molar-refractivity contribution < 1.29 is 23.5 Å². The summed E-state index contributed by atoms with van der Waals surface area (Å²) in [4.78, 5) is 38.8. The number of amides is 3. The fraction of sp³-hybridized carbons (Fsp3) is 0.238. The van der Waals surface area contributed by atoms with Gasteiger partial charge in [-0.1, -0.05) is 6.07 Å². The number of likely N-dealkylation sites (N-methyl/N-ethyl adjacent to an activating group) is 1. The number of hydrogen-bond donors (Lipinski definition) is 2. The van der Waals surface area contributed by atoms with Gasteiger partial charge in [-0.3, -0.25) is 24.7 Å². The van der Waals surface area contributed by atoms with Crippen molar-refractivity contribution in [3.63, 3.8) is 0 Å². The van der Waals surface area contributed by atoms with Crippen molar-refractivity contribution in [1.82, 2.24) is 15.3 Å². The topological polar surface area (TPSA) is 91.0 Å². The standard InChI is InChI=1S/C21H21FN4O4S/c1-3-30-16-9-7-15(8-10-16)23-18(27)12-17-20(29)25(2)21(31)26(17)24-19(28)13-5-4-6-14(22)11-13/h4-11,17H,3,12H2,1-2H3,(H,23,27)(H,24,28)/t17-/m0/s1. The van der Waals surface area contributed by atoms with Gasteiger partial charge in [0.2, 0.25) is 5.91 Å². The third-order valence-corrected chi connectivity index (χ3v) is 5.03. The second-order valence-corrected chi connectivity index (χ2v) is 7.09. The highest BCUT2D eigenvalue weighted by Gasteiger charge is 2.42. The van der Waals surface area contributed by atoms with Gasteiger partial charge in [0.15, 0.2) is 5.11 Å². The van der Waals surface area contributed by atoms with Gasteiger partial charge in [-0.2, -0.15) is 0 Å². The van der Waals surface area contributed by atoms with Crippen LogP contribution in [0.3, 0.4) is 0 Å². The van der Waals surface area contributed by atoms with E-state index in [1.54, 1.807) is 24.3 Å². The monoisotopic (exact) mass is 444 g/mol. The molecule has 1 fully saturated rings. The van der Waals surface area contributed by atoms with Crippen molar-refractivity contribution >= 4 is 40.7 Å². The second-order valence-electron chi connectivity index (χ2n) is 6.73. The van der Waals surface area contributed by atoms with E-state index in [1.165, 1.54) is 30.1 Å². The first-order valence-corrected chi connectivity index (χ1v) is 9.91. The Hall–Kier alpha value is -3.53. The van der Waals surface area contributed by atoms with Crippen LogP contribution in [0.1, 0.15) is 23.7 Å². The van der Waals surface area contributed by atoms with Gasteiger partial charge in [0, 0.05) is 18.3 Å². The zero-order valence-electron chi connectivity index (χ0n) is 16.9. The zero-order chi connectivity index (χ0) is 22.5. The molecule has 0 bridgehead atoms. The van der Waals surface area contributed by atoms with E-state index in [0.717, 1.165) is 11.1 Å². The molecule has 0 aliphatic carbocycles. The summed E-state index contributed by atoms with van der Waals surface area (Å²) < 4.78 is 18.8. The first-order valence-electron chi connectivity index (χ1n) is 9.50. The van der Waals surface area contributed by atoms with Gasteiger partial charge in [-0.05, 0) is 61.6 Å². The number of rotatable bonds is 7. The first-order chi connectivity index (χ1) is 14.8. The first kappa shape index (κ1) is 22.2. The fourth-order valence-corrected chi connectivity index (χ4v) is 3.28. The summed E-state index contributed by atoms with van der Waals surface area (Å²) in [6.07, 6.45) is -0.250. The van der Waals surface area contributed by atoms with Gasteiger partial charge in [0.25, 0.3) is 11.8 Å². The van der Waals surface area contributed by atoms with Crippen LogP contribution in [-0.4, -0.2) is 52.4 Å². The molecular weight excluding hydrogens is 423 g/mol. The normalized spacial score (nSPS) is 15.8. The molecule has 31 heavy (non-hydrogen) atoms. The minimum Gasteiger partial charge on any atom is -0.494 e. The Balaban J connectivity index is 1.69. The lowest BCUT2D eigenvalue weighted by molar-refractivity contribution is -0.130. The molecule has 0 aromatic heterocycles. The molecule has 2 aromatic rings. The summed E-state index contributed by atoms with van der Waals surface area (Å²) in [5, 5.41) is 3.90. The van der Waals surface area contributed by atoms with Crippen molar-refractivity contribution in [2.45, 2.75) is 19.4 Å². The van der Waals surface area contributed by atoms with Crippen LogP contribution in [-0.2, 0) is 9.59 Å². The number of hydrazine groups is 1. The lowest BCUT2D eigenvalue weighted by Gasteiger charge is -2.24. The largest absolute Gasteiger partial charge is 0.494 e. The number of nitrogens with one attached hydrogen (secondary N) is 2. The average Bonchev–Trinajstić information content (AvgIpc) is 2.93. The summed E-state index contributed by atoms with van der Waals surface area (Å²) in [7, 11) is 1.45. The summed E-state index contributed by atoms with van der Waals surface area (Å²) in [6, 6.07) is 10.9. The van der Waals surface area contributed by atoms with Crippen molar-refractivity contribution in [2.75, 3.05) is 19.0 Å². The van der Waals surface area contributed by atoms with Crippen LogP contribution >= 0.6 is 12.2 Å². The van der Waals surface area contributed by atoms with E-state index < -0.39 is 29.6 Å². The van der Waals surface area contributed by atoms with Crippen LogP contribution in [0, 0.1) is 5.82 Å². The van der Waals surface area contributed by atoms with E-state index in [1.807, 2.05) is 6.92 Å². The molecule has 8 nitrogen and oxygen atoms in total. The smallest absolute Gasteiger partial charge is 0.269 e. The summed E-state index contributed by atoms with van der Waals surface area (Å²) in [5.41, 5.74) is 3.09. The Morgan fingerprint density at radius 3 is 2.55 bits per heavy atom. The van der Waals surface area contributed by atoms with Gasteiger partial charge < -0.3 is 10.1 Å². The van der Waals surface area contributed by atoms with Crippen LogP contribution in [0.4, 0.5) is 10.1 Å². The minimum atomic E-state index is -1.03. The van der Waals surface area contributed by atoms with Crippen LogP contribution in [0.2, 0.25) is 0 Å². The SMILES string of the molecule is CCOc1ccc(NC(=O)C[C@H]2C(=O)N(C)C(=S)N2NC(=O)c2cccc(F)c2)cc1. The minimum absolute atomic E-state index is 0.0358. The predicted molar refractivity (Wildman–Crippen MR) is 116 cm³/mol. The summed E-state index contributed by atoms with van der Waals surface area (Å²) >= 11 is 5.23. The lowest BCUT2D eigenvalue weighted by Crippen LogP contribution is -2.49. The molecule has 0 unspecified atom stereocenters.